The van der Waals surface area contributed by atoms with E-state index in [1.807, 2.05) is 0 Å². The minimum Gasteiger partial charge on any atom is -0.393 e. The fraction of sp³-hybridized carbons (Fsp3) is 0.500. The van der Waals surface area contributed by atoms with E-state index in [1.54, 1.807) is 0 Å². The van der Waals surface area contributed by atoms with Crippen molar-refractivity contribution in [3.63, 3.8) is 0 Å². The fourth-order valence-corrected chi connectivity index (χ4v) is 1.68. The van der Waals surface area contributed by atoms with Crippen LogP contribution in [-0.4, -0.2) is 27.4 Å². The van der Waals surface area contributed by atoms with Crippen molar-refractivity contribution in [2.24, 2.45) is 0 Å². The molecule has 1 aromatic heterocycles. The monoisotopic (exact) mass is 309 g/mol. The predicted octanol–water partition coefficient (Wildman–Crippen LogP) is 1.48. The smallest absolute Gasteiger partial charge is 0.252 e. The Labute approximate surface area is 111 Å². The first-order chi connectivity index (χ1) is 7.77. The molecule has 0 aliphatic carbocycles. The van der Waals surface area contributed by atoms with Crippen molar-refractivity contribution < 1.29 is 44.8 Å². The molecule has 1 heterocycles. The van der Waals surface area contributed by atoms with Gasteiger partial charge in [-0.15, -0.1) is 0 Å². The summed E-state index contributed by atoms with van der Waals surface area (Å²) in [6.07, 6.45) is -2.78. The van der Waals surface area contributed by atoms with Gasteiger partial charge in [0.15, 0.2) is 11.6 Å². The van der Waals surface area contributed by atoms with Crippen LogP contribution in [0.4, 0.5) is 17.6 Å². The van der Waals surface area contributed by atoms with Gasteiger partial charge < -0.3 is 10.2 Å². The van der Waals surface area contributed by atoms with E-state index in [9.17, 15) is 27.8 Å². The van der Waals surface area contributed by atoms with Gasteiger partial charge in [-0.25, -0.2) is 8.78 Å². The molecule has 0 fully saturated rings. The number of halogens is 4. The van der Waals surface area contributed by atoms with E-state index < -0.39 is 47.2 Å². The van der Waals surface area contributed by atoms with E-state index in [4.69, 9.17) is 0 Å². The zero-order valence-electron chi connectivity index (χ0n) is 9.44. The predicted molar refractivity (Wildman–Crippen MR) is 50.2 cm³/mol. The molecule has 0 aliphatic heterocycles. The standard InChI is InChI=1S/C10H11F4NO2.Fe/c1-3(16)5(4(2)17)6-7(11)9(13)15-10(14)8(6)12;/h3-5,16-17H,1-2H3;. The molecule has 1 aromatic rings. The van der Waals surface area contributed by atoms with Gasteiger partial charge in [-0.1, -0.05) is 0 Å². The van der Waals surface area contributed by atoms with Crippen molar-refractivity contribution >= 4 is 0 Å². The van der Waals surface area contributed by atoms with Crippen molar-refractivity contribution in [3.8, 4) is 0 Å². The largest absolute Gasteiger partial charge is 0.393 e. The molecule has 2 N–H and O–H groups in total. The molecule has 0 amide bonds. The maximum absolute atomic E-state index is 13.3. The molecule has 0 saturated heterocycles. The van der Waals surface area contributed by atoms with Crippen LogP contribution >= 0.6 is 0 Å². The van der Waals surface area contributed by atoms with Crippen LogP contribution in [0, 0.1) is 23.5 Å². The normalized spacial score (nSPS) is 15.8. The van der Waals surface area contributed by atoms with Crippen LogP contribution in [0.15, 0.2) is 0 Å². The van der Waals surface area contributed by atoms with Gasteiger partial charge in [-0.05, 0) is 13.8 Å². The Hall–Kier alpha value is -0.691. The summed E-state index contributed by atoms with van der Waals surface area (Å²) in [5, 5.41) is 18.6. The topological polar surface area (TPSA) is 53.4 Å². The van der Waals surface area contributed by atoms with Gasteiger partial charge in [0.2, 0.25) is 0 Å². The minimum atomic E-state index is -1.81. The van der Waals surface area contributed by atoms with Gasteiger partial charge >= 0.3 is 0 Å². The van der Waals surface area contributed by atoms with Crippen LogP contribution in [0.25, 0.3) is 0 Å². The van der Waals surface area contributed by atoms with Gasteiger partial charge in [-0.3, -0.25) is 0 Å². The van der Waals surface area contributed by atoms with Gasteiger partial charge in [0.05, 0.1) is 12.2 Å². The summed E-state index contributed by atoms with van der Waals surface area (Å²) in [6, 6.07) is 0. The molecule has 1 rings (SSSR count). The van der Waals surface area contributed by atoms with E-state index in [-0.39, 0.29) is 17.1 Å². The van der Waals surface area contributed by atoms with Crippen LogP contribution in [0.1, 0.15) is 25.3 Å². The summed E-state index contributed by atoms with van der Waals surface area (Å²) >= 11 is 0. The molecule has 104 valence electrons. The molecule has 18 heavy (non-hydrogen) atoms. The summed E-state index contributed by atoms with van der Waals surface area (Å²) in [5.74, 6) is -8.54. The number of pyridine rings is 1. The minimum absolute atomic E-state index is 0. The molecule has 2 atom stereocenters. The Kier molecular flexibility index (Phi) is 6.22. The zero-order chi connectivity index (χ0) is 13.3. The molecule has 0 radical (unpaired) electrons. The molecular weight excluding hydrogens is 298 g/mol. The summed E-state index contributed by atoms with van der Waals surface area (Å²) in [4.78, 5) is 2.39. The molecule has 2 unspecified atom stereocenters. The average molecular weight is 309 g/mol. The SMILES string of the molecule is CC(O)C(c1c(F)c(F)nc(F)c1F)C(C)O.[Fe]. The molecule has 0 aliphatic rings. The summed E-state index contributed by atoms with van der Waals surface area (Å²) < 4.78 is 52.4. The average Bonchev–Trinajstić information content (AvgIpc) is 2.20. The van der Waals surface area contributed by atoms with Crippen LogP contribution < -0.4 is 0 Å². The van der Waals surface area contributed by atoms with E-state index in [0.717, 1.165) is 13.8 Å². The number of nitrogens with zero attached hydrogens (tertiary/aromatic N) is 1. The molecule has 3 nitrogen and oxygen atoms in total. The molecule has 0 bridgehead atoms. The molecule has 0 spiro atoms. The van der Waals surface area contributed by atoms with Gasteiger partial charge in [-0.2, -0.15) is 13.8 Å². The van der Waals surface area contributed by atoms with Gasteiger partial charge in [0.25, 0.3) is 11.9 Å². The van der Waals surface area contributed by atoms with E-state index >= 15 is 0 Å². The number of aliphatic hydroxyl groups excluding tert-OH is 2. The number of hydrogen-bond acceptors (Lipinski definition) is 3. The third kappa shape index (κ3) is 3.20. The van der Waals surface area contributed by atoms with Crippen molar-refractivity contribution in [2.75, 3.05) is 0 Å². The first-order valence-corrected chi connectivity index (χ1v) is 4.83. The Morgan fingerprint density at radius 3 is 1.50 bits per heavy atom. The number of hydrogen-bond donors (Lipinski definition) is 2. The zero-order valence-corrected chi connectivity index (χ0v) is 10.5. The molecule has 0 aromatic carbocycles. The maximum Gasteiger partial charge on any atom is 0.252 e. The quantitative estimate of drug-likeness (QED) is 0.505. The second kappa shape index (κ2) is 6.47. The summed E-state index contributed by atoms with van der Waals surface area (Å²) in [5.41, 5.74) is -1.04. The first-order valence-electron chi connectivity index (χ1n) is 4.83. The van der Waals surface area contributed by atoms with Crippen LogP contribution in [0.2, 0.25) is 0 Å². The van der Waals surface area contributed by atoms with Gasteiger partial charge in [0.1, 0.15) is 0 Å². The second-order valence-corrected chi connectivity index (χ2v) is 3.74. The fourth-order valence-electron chi connectivity index (χ4n) is 1.68. The Bertz CT molecular complexity index is 395. The van der Waals surface area contributed by atoms with Crippen LogP contribution in [0.3, 0.4) is 0 Å². The van der Waals surface area contributed by atoms with Crippen molar-refractivity contribution in [2.45, 2.75) is 32.0 Å². The Balaban J connectivity index is 0.00000289. The Morgan fingerprint density at radius 2 is 1.22 bits per heavy atom. The second-order valence-electron chi connectivity index (χ2n) is 3.74. The van der Waals surface area contributed by atoms with Crippen LogP contribution in [-0.2, 0) is 17.1 Å². The van der Waals surface area contributed by atoms with Crippen LogP contribution in [0.5, 0.6) is 0 Å². The Morgan fingerprint density at radius 1 is 0.889 bits per heavy atom. The number of aromatic nitrogens is 1. The number of rotatable bonds is 3. The van der Waals surface area contributed by atoms with Crippen molar-refractivity contribution in [3.05, 3.63) is 29.1 Å². The van der Waals surface area contributed by atoms with Gasteiger partial charge in [0, 0.05) is 28.6 Å². The first kappa shape index (κ1) is 17.3. The summed E-state index contributed by atoms with van der Waals surface area (Å²) in [7, 11) is 0. The van der Waals surface area contributed by atoms with Crippen molar-refractivity contribution in [1.82, 2.24) is 4.98 Å². The summed E-state index contributed by atoms with van der Waals surface area (Å²) in [6.45, 7) is 2.29. The molecular formula is C10H11F4FeNO2. The van der Waals surface area contributed by atoms with E-state index in [2.05, 4.69) is 4.98 Å². The third-order valence-corrected chi connectivity index (χ3v) is 2.40. The van der Waals surface area contributed by atoms with E-state index in [0.29, 0.717) is 0 Å². The van der Waals surface area contributed by atoms with Crippen molar-refractivity contribution in [1.29, 1.82) is 0 Å². The molecule has 8 heteroatoms. The number of aliphatic hydroxyl groups is 2. The maximum atomic E-state index is 13.3. The third-order valence-electron chi connectivity index (χ3n) is 2.40. The van der Waals surface area contributed by atoms with E-state index in [1.165, 1.54) is 0 Å². The molecule has 0 saturated carbocycles.